The lowest BCUT2D eigenvalue weighted by Crippen LogP contribution is -2.16. The van der Waals surface area contributed by atoms with Crippen molar-refractivity contribution in [2.45, 2.75) is 18.9 Å². The molecule has 3 rings (SSSR count). The van der Waals surface area contributed by atoms with E-state index in [1.165, 1.54) is 0 Å². The van der Waals surface area contributed by atoms with Crippen molar-refractivity contribution in [3.63, 3.8) is 0 Å². The van der Waals surface area contributed by atoms with E-state index >= 15 is 0 Å². The third-order valence-corrected chi connectivity index (χ3v) is 3.78. The lowest BCUT2D eigenvalue weighted by atomic mass is 10.0. The van der Waals surface area contributed by atoms with Crippen molar-refractivity contribution in [1.82, 2.24) is 4.98 Å². The second kappa shape index (κ2) is 7.24. The van der Waals surface area contributed by atoms with Gasteiger partial charge in [0.15, 0.2) is 17.3 Å². The average molecular weight is 313 g/mol. The van der Waals surface area contributed by atoms with Crippen LogP contribution in [0.1, 0.15) is 22.3 Å². The van der Waals surface area contributed by atoms with E-state index in [4.69, 9.17) is 14.2 Å². The van der Waals surface area contributed by atoms with Crippen LogP contribution in [0.5, 0.6) is 11.5 Å². The molecule has 1 fully saturated rings. The smallest absolute Gasteiger partial charge is 0.167 e. The number of hydrogen-bond acceptors (Lipinski definition) is 5. The molecule has 2 heterocycles. The van der Waals surface area contributed by atoms with Crippen LogP contribution in [0.3, 0.4) is 0 Å². The number of benzene rings is 1. The summed E-state index contributed by atoms with van der Waals surface area (Å²) in [5.74, 6) is 1.24. The molecule has 5 nitrogen and oxygen atoms in total. The van der Waals surface area contributed by atoms with E-state index in [1.807, 2.05) is 12.1 Å². The van der Waals surface area contributed by atoms with Gasteiger partial charge < -0.3 is 14.2 Å². The minimum atomic E-state index is 0.00875. The molecule has 1 saturated heterocycles. The zero-order valence-electron chi connectivity index (χ0n) is 13.0. The van der Waals surface area contributed by atoms with Gasteiger partial charge in [-0.25, -0.2) is 0 Å². The van der Waals surface area contributed by atoms with Gasteiger partial charge in [-0.3, -0.25) is 9.78 Å². The molecule has 1 aromatic heterocycles. The Kier molecular flexibility index (Phi) is 4.88. The monoisotopic (exact) mass is 313 g/mol. The highest BCUT2D eigenvalue weighted by atomic mass is 16.6. The largest absolute Gasteiger partial charge is 0.493 e. The molecule has 0 aliphatic carbocycles. The van der Waals surface area contributed by atoms with Crippen LogP contribution in [0.25, 0.3) is 0 Å². The number of aromatic nitrogens is 1. The number of rotatable bonds is 6. The maximum atomic E-state index is 12.5. The minimum Gasteiger partial charge on any atom is -0.493 e. The zero-order valence-corrected chi connectivity index (χ0v) is 13.0. The molecule has 0 amide bonds. The van der Waals surface area contributed by atoms with Crippen LogP contribution in [0, 0.1) is 0 Å². The maximum absolute atomic E-state index is 12.5. The Hall–Kier alpha value is -2.40. The van der Waals surface area contributed by atoms with E-state index in [9.17, 15) is 4.79 Å². The number of ketones is 1. The highest BCUT2D eigenvalue weighted by Crippen LogP contribution is 2.30. The summed E-state index contributed by atoms with van der Waals surface area (Å²) >= 11 is 0. The van der Waals surface area contributed by atoms with Gasteiger partial charge in [-0.05, 0) is 35.9 Å². The third kappa shape index (κ3) is 3.87. The predicted octanol–water partition coefficient (Wildman–Crippen LogP) is 2.68. The Morgan fingerprint density at radius 3 is 2.78 bits per heavy atom. The van der Waals surface area contributed by atoms with Gasteiger partial charge in [-0.1, -0.05) is 0 Å². The fourth-order valence-electron chi connectivity index (χ4n) is 2.52. The summed E-state index contributed by atoms with van der Waals surface area (Å²) in [4.78, 5) is 16.4. The van der Waals surface area contributed by atoms with Crippen molar-refractivity contribution >= 4 is 5.78 Å². The van der Waals surface area contributed by atoms with E-state index in [0.717, 1.165) is 12.0 Å². The van der Waals surface area contributed by atoms with Crippen LogP contribution in [0.15, 0.2) is 42.7 Å². The maximum Gasteiger partial charge on any atom is 0.167 e. The van der Waals surface area contributed by atoms with E-state index in [1.54, 1.807) is 37.7 Å². The summed E-state index contributed by atoms with van der Waals surface area (Å²) in [7, 11) is 1.59. The molecule has 1 aromatic carbocycles. The topological polar surface area (TPSA) is 57.7 Å². The molecule has 120 valence electrons. The number of carbonyl (C=O) groups excluding carboxylic acids is 1. The first-order valence-electron chi connectivity index (χ1n) is 7.61. The molecule has 0 bridgehead atoms. The SMILES string of the molecule is COc1ccc(C(=O)Cc2ccncc2)cc1OC1CCOC1. The number of Topliss-reactive ketones (excluding diaryl/α,β-unsaturated/α-hetero) is 1. The Balaban J connectivity index is 1.77. The molecule has 1 aliphatic heterocycles. The van der Waals surface area contributed by atoms with Crippen LogP contribution in [0.2, 0.25) is 0 Å². The summed E-state index contributed by atoms with van der Waals surface area (Å²) in [5.41, 5.74) is 1.55. The fourth-order valence-corrected chi connectivity index (χ4v) is 2.52. The van der Waals surface area contributed by atoms with Gasteiger partial charge in [-0.2, -0.15) is 0 Å². The number of ether oxygens (including phenoxy) is 3. The summed E-state index contributed by atoms with van der Waals surface area (Å²) in [6.07, 6.45) is 4.56. The Bertz CT molecular complexity index is 666. The average Bonchev–Trinajstić information content (AvgIpc) is 3.09. The molecule has 0 radical (unpaired) electrons. The van der Waals surface area contributed by atoms with Crippen LogP contribution < -0.4 is 9.47 Å². The molecule has 1 aliphatic rings. The summed E-state index contributed by atoms with van der Waals surface area (Å²) in [5, 5.41) is 0. The van der Waals surface area contributed by atoms with E-state index in [2.05, 4.69) is 4.98 Å². The number of pyridine rings is 1. The first-order valence-corrected chi connectivity index (χ1v) is 7.61. The molecule has 0 spiro atoms. The molecular formula is C18H19NO4. The van der Waals surface area contributed by atoms with Crippen molar-refractivity contribution < 1.29 is 19.0 Å². The van der Waals surface area contributed by atoms with Crippen LogP contribution in [-0.2, 0) is 11.2 Å². The fraction of sp³-hybridized carbons (Fsp3) is 0.333. The van der Waals surface area contributed by atoms with E-state index < -0.39 is 0 Å². The van der Waals surface area contributed by atoms with Crippen LogP contribution in [-0.4, -0.2) is 37.2 Å². The highest BCUT2D eigenvalue weighted by Gasteiger charge is 2.20. The predicted molar refractivity (Wildman–Crippen MR) is 85.1 cm³/mol. The minimum absolute atomic E-state index is 0.00875. The summed E-state index contributed by atoms with van der Waals surface area (Å²) in [6.45, 7) is 1.27. The molecule has 0 N–H and O–H groups in total. The van der Waals surface area contributed by atoms with Crippen molar-refractivity contribution in [2.24, 2.45) is 0 Å². The van der Waals surface area contributed by atoms with E-state index in [-0.39, 0.29) is 11.9 Å². The van der Waals surface area contributed by atoms with Gasteiger partial charge in [0, 0.05) is 30.8 Å². The molecule has 5 heteroatoms. The molecular weight excluding hydrogens is 294 g/mol. The molecule has 2 aromatic rings. The van der Waals surface area contributed by atoms with Crippen molar-refractivity contribution in [1.29, 1.82) is 0 Å². The van der Waals surface area contributed by atoms with Gasteiger partial charge in [0.25, 0.3) is 0 Å². The quantitative estimate of drug-likeness (QED) is 0.767. The second-order valence-corrected chi connectivity index (χ2v) is 5.42. The van der Waals surface area contributed by atoms with Gasteiger partial charge in [0.2, 0.25) is 0 Å². The Morgan fingerprint density at radius 2 is 2.09 bits per heavy atom. The first-order chi connectivity index (χ1) is 11.3. The van der Waals surface area contributed by atoms with Gasteiger partial charge in [0.1, 0.15) is 6.10 Å². The Labute approximate surface area is 135 Å². The molecule has 1 atom stereocenters. The standard InChI is InChI=1S/C18H19NO4/c1-21-17-3-2-14(11-18(17)23-15-6-9-22-12-15)16(20)10-13-4-7-19-8-5-13/h2-5,7-8,11,15H,6,9-10,12H2,1H3. The third-order valence-electron chi connectivity index (χ3n) is 3.78. The lowest BCUT2D eigenvalue weighted by molar-refractivity contribution is 0.0991. The van der Waals surface area contributed by atoms with Gasteiger partial charge >= 0.3 is 0 Å². The van der Waals surface area contributed by atoms with Crippen molar-refractivity contribution in [3.05, 3.63) is 53.9 Å². The van der Waals surface area contributed by atoms with Gasteiger partial charge in [0.05, 0.1) is 20.3 Å². The number of carbonyl (C=O) groups is 1. The van der Waals surface area contributed by atoms with E-state index in [0.29, 0.717) is 36.7 Å². The second-order valence-electron chi connectivity index (χ2n) is 5.42. The van der Waals surface area contributed by atoms with Crippen molar-refractivity contribution in [2.75, 3.05) is 20.3 Å². The highest BCUT2D eigenvalue weighted by molar-refractivity contribution is 5.98. The lowest BCUT2D eigenvalue weighted by Gasteiger charge is -2.15. The zero-order chi connectivity index (χ0) is 16.1. The normalized spacial score (nSPS) is 17.0. The van der Waals surface area contributed by atoms with Crippen LogP contribution >= 0.6 is 0 Å². The number of methoxy groups -OCH3 is 1. The number of nitrogens with zero attached hydrogens (tertiary/aromatic N) is 1. The van der Waals surface area contributed by atoms with Crippen LogP contribution in [0.4, 0.5) is 0 Å². The van der Waals surface area contributed by atoms with Crippen molar-refractivity contribution in [3.8, 4) is 11.5 Å². The summed E-state index contributed by atoms with van der Waals surface area (Å²) < 4.78 is 16.6. The molecule has 0 saturated carbocycles. The first kappa shape index (κ1) is 15.5. The number of hydrogen-bond donors (Lipinski definition) is 0. The molecule has 23 heavy (non-hydrogen) atoms. The summed E-state index contributed by atoms with van der Waals surface area (Å²) in [6, 6.07) is 8.97. The Morgan fingerprint density at radius 1 is 1.26 bits per heavy atom. The van der Waals surface area contributed by atoms with Gasteiger partial charge in [-0.15, -0.1) is 0 Å². The molecule has 1 unspecified atom stereocenters.